The number of benzene rings is 2. The van der Waals surface area contributed by atoms with E-state index in [1.165, 1.54) is 43.3 Å². The lowest BCUT2D eigenvalue weighted by atomic mass is 10.1. The van der Waals surface area contributed by atoms with Crippen LogP contribution in [0.3, 0.4) is 0 Å². The van der Waals surface area contributed by atoms with Crippen LogP contribution in [-0.2, 0) is 14.8 Å². The van der Waals surface area contributed by atoms with E-state index >= 15 is 0 Å². The van der Waals surface area contributed by atoms with Crippen molar-refractivity contribution in [2.45, 2.75) is 18.0 Å². The summed E-state index contributed by atoms with van der Waals surface area (Å²) in [5.74, 6) is -2.11. The Morgan fingerprint density at radius 1 is 1.11 bits per heavy atom. The monoisotopic (exact) mass is 463 g/mol. The highest BCUT2D eigenvalue weighted by Crippen LogP contribution is 2.19. The van der Waals surface area contributed by atoms with Crippen LogP contribution in [0.5, 0.6) is 0 Å². The summed E-state index contributed by atoms with van der Waals surface area (Å²) in [6.45, 7) is 1.47. The SMILES string of the molecule is C/C(=N/NS(=O)(=O)c1ccc(Br)cc1)c1cccc(NC(=O)C(F)(F)F)c1. The van der Waals surface area contributed by atoms with E-state index < -0.39 is 22.1 Å². The summed E-state index contributed by atoms with van der Waals surface area (Å²) in [5, 5.41) is 5.48. The van der Waals surface area contributed by atoms with E-state index in [1.54, 1.807) is 17.4 Å². The fourth-order valence-corrected chi connectivity index (χ4v) is 3.00. The highest BCUT2D eigenvalue weighted by molar-refractivity contribution is 9.10. The summed E-state index contributed by atoms with van der Waals surface area (Å²) in [5.41, 5.74) is 0.424. The molecule has 2 rings (SSSR count). The van der Waals surface area contributed by atoms with E-state index in [0.717, 1.165) is 0 Å². The number of nitrogens with one attached hydrogen (secondary N) is 2. The molecule has 0 spiro atoms. The van der Waals surface area contributed by atoms with Crippen molar-refractivity contribution in [2.75, 3.05) is 5.32 Å². The van der Waals surface area contributed by atoms with Crippen LogP contribution in [0, 0.1) is 0 Å². The van der Waals surface area contributed by atoms with Gasteiger partial charge >= 0.3 is 12.1 Å². The second-order valence-electron chi connectivity index (χ2n) is 5.28. The number of amides is 1. The lowest BCUT2D eigenvalue weighted by Gasteiger charge is -2.10. The molecule has 0 aliphatic carbocycles. The first-order valence-electron chi connectivity index (χ1n) is 7.29. The number of carbonyl (C=O) groups excluding carboxylic acids is 1. The van der Waals surface area contributed by atoms with Gasteiger partial charge < -0.3 is 5.32 Å². The Morgan fingerprint density at radius 3 is 2.33 bits per heavy atom. The van der Waals surface area contributed by atoms with Crippen molar-refractivity contribution in [2.24, 2.45) is 5.10 Å². The maximum absolute atomic E-state index is 12.3. The first kappa shape index (κ1) is 20.9. The second kappa shape index (κ2) is 8.09. The van der Waals surface area contributed by atoms with Gasteiger partial charge in [0.15, 0.2) is 0 Å². The van der Waals surface area contributed by atoms with Gasteiger partial charge in [0, 0.05) is 10.2 Å². The normalized spacial score (nSPS) is 12.6. The molecule has 2 aromatic carbocycles. The van der Waals surface area contributed by atoms with E-state index in [4.69, 9.17) is 0 Å². The molecule has 144 valence electrons. The van der Waals surface area contributed by atoms with Crippen LogP contribution in [0.25, 0.3) is 0 Å². The smallest absolute Gasteiger partial charge is 0.318 e. The Balaban J connectivity index is 2.17. The summed E-state index contributed by atoms with van der Waals surface area (Å²) < 4.78 is 62.0. The number of rotatable bonds is 5. The highest BCUT2D eigenvalue weighted by atomic mass is 79.9. The summed E-state index contributed by atoms with van der Waals surface area (Å²) in [4.78, 5) is 13.0. The van der Waals surface area contributed by atoms with Gasteiger partial charge in [0.2, 0.25) is 0 Å². The summed E-state index contributed by atoms with van der Waals surface area (Å²) in [6.07, 6.45) is -5.01. The fourth-order valence-electron chi connectivity index (χ4n) is 1.88. The molecule has 0 aliphatic rings. The molecule has 27 heavy (non-hydrogen) atoms. The first-order chi connectivity index (χ1) is 12.5. The molecule has 6 nitrogen and oxygen atoms in total. The number of nitrogens with zero attached hydrogens (tertiary/aromatic N) is 1. The molecule has 0 aromatic heterocycles. The Labute approximate surface area is 161 Å². The summed E-state index contributed by atoms with van der Waals surface area (Å²) in [6, 6.07) is 11.3. The van der Waals surface area contributed by atoms with Crippen molar-refractivity contribution in [3.05, 3.63) is 58.6 Å². The number of halogens is 4. The third-order valence-electron chi connectivity index (χ3n) is 3.25. The zero-order valence-corrected chi connectivity index (χ0v) is 16.1. The van der Waals surface area contributed by atoms with E-state index in [1.807, 2.05) is 0 Å². The van der Waals surface area contributed by atoms with Crippen molar-refractivity contribution in [1.82, 2.24) is 4.83 Å². The molecule has 2 aromatic rings. The van der Waals surface area contributed by atoms with Crippen molar-refractivity contribution < 1.29 is 26.4 Å². The van der Waals surface area contributed by atoms with Gasteiger partial charge in [0.1, 0.15) is 0 Å². The largest absolute Gasteiger partial charge is 0.471 e. The minimum atomic E-state index is -5.01. The quantitative estimate of drug-likeness (QED) is 0.523. The molecule has 0 aliphatic heterocycles. The number of hydrazone groups is 1. The van der Waals surface area contributed by atoms with Gasteiger partial charge in [0.05, 0.1) is 10.6 Å². The second-order valence-corrected chi connectivity index (χ2v) is 7.86. The van der Waals surface area contributed by atoms with Crippen LogP contribution in [-0.4, -0.2) is 26.2 Å². The fraction of sp³-hybridized carbons (Fsp3) is 0.125. The molecular weight excluding hydrogens is 451 g/mol. The van der Waals surface area contributed by atoms with Crippen LogP contribution in [0.2, 0.25) is 0 Å². The van der Waals surface area contributed by atoms with Crippen molar-refractivity contribution in [3.63, 3.8) is 0 Å². The molecule has 11 heteroatoms. The van der Waals surface area contributed by atoms with Crippen LogP contribution < -0.4 is 10.1 Å². The molecular formula is C16H13BrF3N3O3S. The van der Waals surface area contributed by atoms with Gasteiger partial charge in [-0.2, -0.15) is 31.5 Å². The standard InChI is InChI=1S/C16H13BrF3N3O3S/c1-10(22-23-27(25,26)14-7-5-12(17)6-8-14)11-3-2-4-13(9-11)21-15(24)16(18,19)20/h2-9,23H,1H3,(H,21,24)/b22-10-. The lowest BCUT2D eigenvalue weighted by molar-refractivity contribution is -0.167. The van der Waals surface area contributed by atoms with E-state index in [-0.39, 0.29) is 16.3 Å². The highest BCUT2D eigenvalue weighted by Gasteiger charge is 2.38. The van der Waals surface area contributed by atoms with Crippen molar-refractivity contribution >= 4 is 43.3 Å². The Morgan fingerprint density at radius 2 is 1.74 bits per heavy atom. The van der Waals surface area contributed by atoms with Crippen LogP contribution in [0.15, 0.2) is 63.0 Å². The van der Waals surface area contributed by atoms with E-state index in [0.29, 0.717) is 10.0 Å². The Hall–Kier alpha value is -2.40. The molecule has 0 atom stereocenters. The lowest BCUT2D eigenvalue weighted by Crippen LogP contribution is -2.29. The molecule has 0 saturated heterocycles. The van der Waals surface area contributed by atoms with Crippen molar-refractivity contribution in [3.8, 4) is 0 Å². The van der Waals surface area contributed by atoms with Gasteiger partial charge in [-0.1, -0.05) is 28.1 Å². The van der Waals surface area contributed by atoms with E-state index in [2.05, 4.69) is 25.9 Å². The molecule has 0 saturated carbocycles. The number of hydrogen-bond donors (Lipinski definition) is 2. The van der Waals surface area contributed by atoms with Gasteiger partial charge in [-0.05, 0) is 48.9 Å². The van der Waals surface area contributed by atoms with Crippen LogP contribution in [0.1, 0.15) is 12.5 Å². The molecule has 1 amide bonds. The Bertz CT molecular complexity index is 974. The van der Waals surface area contributed by atoms with Gasteiger partial charge in [-0.25, -0.2) is 0 Å². The van der Waals surface area contributed by atoms with Gasteiger partial charge in [-0.3, -0.25) is 4.79 Å². The third kappa shape index (κ3) is 5.79. The Kier molecular flexibility index (Phi) is 6.26. The maximum atomic E-state index is 12.3. The third-order valence-corrected chi connectivity index (χ3v) is 5.01. The van der Waals surface area contributed by atoms with Crippen molar-refractivity contribution in [1.29, 1.82) is 0 Å². The minimum absolute atomic E-state index is 0.00607. The number of hydrogen-bond acceptors (Lipinski definition) is 4. The van der Waals surface area contributed by atoms with Gasteiger partial charge in [0.25, 0.3) is 10.0 Å². The molecule has 0 radical (unpaired) electrons. The predicted molar refractivity (Wildman–Crippen MR) is 97.8 cm³/mol. The molecule has 2 N–H and O–H groups in total. The number of carbonyl (C=O) groups is 1. The van der Waals surface area contributed by atoms with Crippen LogP contribution >= 0.6 is 15.9 Å². The predicted octanol–water partition coefficient (Wildman–Crippen LogP) is 3.65. The first-order valence-corrected chi connectivity index (χ1v) is 9.57. The molecule has 0 unspecified atom stereocenters. The molecule has 0 fully saturated rings. The number of anilines is 1. The minimum Gasteiger partial charge on any atom is -0.318 e. The van der Waals surface area contributed by atoms with Gasteiger partial charge in [-0.15, -0.1) is 0 Å². The molecule has 0 heterocycles. The number of alkyl halides is 3. The zero-order chi connectivity index (χ0) is 20.2. The summed E-state index contributed by atoms with van der Waals surface area (Å²) in [7, 11) is -3.91. The molecule has 0 bridgehead atoms. The topological polar surface area (TPSA) is 87.6 Å². The zero-order valence-electron chi connectivity index (χ0n) is 13.7. The van der Waals surface area contributed by atoms with Crippen LogP contribution in [0.4, 0.5) is 18.9 Å². The maximum Gasteiger partial charge on any atom is 0.471 e. The average molecular weight is 464 g/mol. The average Bonchev–Trinajstić information content (AvgIpc) is 2.59. The van der Waals surface area contributed by atoms with E-state index in [9.17, 15) is 26.4 Å². The summed E-state index contributed by atoms with van der Waals surface area (Å²) >= 11 is 3.20. The number of sulfonamides is 1.